The van der Waals surface area contributed by atoms with E-state index in [4.69, 9.17) is 9.47 Å². The van der Waals surface area contributed by atoms with Crippen LogP contribution in [0.25, 0.3) is 0 Å². The molecule has 1 spiro atoms. The molecule has 3 aliphatic rings. The number of nitrogens with zero attached hydrogens (tertiary/aromatic N) is 1. The van der Waals surface area contributed by atoms with Gasteiger partial charge in [-0.15, -0.1) is 0 Å². The highest BCUT2D eigenvalue weighted by molar-refractivity contribution is 5.74. The molecule has 1 saturated carbocycles. The second-order valence-electron chi connectivity index (χ2n) is 7.30. The topological polar surface area (TPSA) is 88.1 Å². The van der Waals surface area contributed by atoms with Crippen molar-refractivity contribution < 1.29 is 37.3 Å². The van der Waals surface area contributed by atoms with E-state index in [9.17, 15) is 27.9 Å². The third-order valence-electron chi connectivity index (χ3n) is 5.52. The van der Waals surface area contributed by atoms with Crippen LogP contribution in [0, 0.1) is 23.4 Å². The number of halogens is 3. The van der Waals surface area contributed by atoms with Crippen molar-refractivity contribution >= 4 is 12.2 Å². The van der Waals surface area contributed by atoms with E-state index < -0.39 is 53.1 Å². The molecule has 0 bridgehead atoms. The zero-order chi connectivity index (χ0) is 19.3. The van der Waals surface area contributed by atoms with Gasteiger partial charge in [0.2, 0.25) is 0 Å². The molecule has 2 atom stereocenters. The first-order valence-electron chi connectivity index (χ1n) is 8.53. The van der Waals surface area contributed by atoms with E-state index >= 15 is 0 Å². The van der Waals surface area contributed by atoms with Crippen LogP contribution < -0.4 is 10.1 Å². The number of alkyl carbamates (subject to hydrolysis) is 1. The third kappa shape index (κ3) is 3.02. The van der Waals surface area contributed by atoms with Gasteiger partial charge in [0.05, 0.1) is 18.7 Å². The van der Waals surface area contributed by atoms with Crippen LogP contribution in [0.5, 0.6) is 5.75 Å². The molecule has 0 radical (unpaired) electrons. The standard InChI is InChI=1S/C17H17F3N2O5/c18-9-4-11(19)14(12(20)5-9)27-10-1-8(2-10)3-13-17(6-22(13)16(24)25)7-26-15(23)21-17/h4-5,8,10,13H,1-3,6-7H2,(H,21,23)(H,24,25). The first-order valence-corrected chi connectivity index (χ1v) is 8.53. The van der Waals surface area contributed by atoms with E-state index in [-0.39, 0.29) is 19.1 Å². The number of carboxylic acid groups (broad SMARTS) is 1. The molecule has 2 unspecified atom stereocenters. The van der Waals surface area contributed by atoms with E-state index in [1.54, 1.807) is 0 Å². The zero-order valence-corrected chi connectivity index (χ0v) is 14.1. The number of amides is 2. The Morgan fingerprint density at radius 1 is 1.33 bits per heavy atom. The minimum absolute atomic E-state index is 0.0723. The Kier molecular flexibility index (Phi) is 4.08. The molecular formula is C17H17F3N2O5. The Hall–Kier alpha value is -2.65. The van der Waals surface area contributed by atoms with Gasteiger partial charge in [-0.05, 0) is 25.2 Å². The molecule has 1 aromatic rings. The fourth-order valence-electron chi connectivity index (χ4n) is 4.08. The second kappa shape index (κ2) is 6.21. The number of carbonyl (C=O) groups excluding carboxylic acids is 1. The minimum atomic E-state index is -1.10. The molecule has 1 aromatic carbocycles. The van der Waals surface area contributed by atoms with Gasteiger partial charge in [0, 0.05) is 12.1 Å². The molecule has 146 valence electrons. The van der Waals surface area contributed by atoms with Crippen molar-refractivity contribution in [3.05, 3.63) is 29.6 Å². The Morgan fingerprint density at radius 2 is 2.00 bits per heavy atom. The predicted octanol–water partition coefficient (Wildman–Crippen LogP) is 2.49. The van der Waals surface area contributed by atoms with Crippen molar-refractivity contribution in [3.8, 4) is 5.75 Å². The maximum absolute atomic E-state index is 13.6. The van der Waals surface area contributed by atoms with Crippen molar-refractivity contribution in [2.24, 2.45) is 5.92 Å². The summed E-state index contributed by atoms with van der Waals surface area (Å²) in [5.41, 5.74) is -0.712. The monoisotopic (exact) mass is 386 g/mol. The Morgan fingerprint density at radius 3 is 2.56 bits per heavy atom. The molecule has 4 rings (SSSR count). The van der Waals surface area contributed by atoms with Crippen molar-refractivity contribution in [3.63, 3.8) is 0 Å². The first-order chi connectivity index (χ1) is 12.8. The fourth-order valence-corrected chi connectivity index (χ4v) is 4.08. The number of nitrogens with one attached hydrogen (secondary N) is 1. The van der Waals surface area contributed by atoms with Crippen LogP contribution in [-0.2, 0) is 4.74 Å². The van der Waals surface area contributed by atoms with Crippen LogP contribution in [-0.4, -0.2) is 53.0 Å². The summed E-state index contributed by atoms with van der Waals surface area (Å²) in [5.74, 6) is -3.76. The fraction of sp³-hybridized carbons (Fsp3) is 0.529. The van der Waals surface area contributed by atoms with Crippen molar-refractivity contribution in [1.29, 1.82) is 0 Å². The lowest BCUT2D eigenvalue weighted by Crippen LogP contribution is -2.76. The highest BCUT2D eigenvalue weighted by atomic mass is 19.1. The maximum Gasteiger partial charge on any atom is 0.407 e. The van der Waals surface area contributed by atoms with E-state index in [1.807, 2.05) is 0 Å². The van der Waals surface area contributed by atoms with Gasteiger partial charge in [0.1, 0.15) is 18.0 Å². The maximum atomic E-state index is 13.6. The number of likely N-dealkylation sites (tertiary alicyclic amines) is 1. The van der Waals surface area contributed by atoms with E-state index in [0.717, 1.165) is 0 Å². The summed E-state index contributed by atoms with van der Waals surface area (Å²) in [4.78, 5) is 24.0. The van der Waals surface area contributed by atoms with Gasteiger partial charge >= 0.3 is 12.2 Å². The summed E-state index contributed by atoms with van der Waals surface area (Å²) in [6.07, 6.45) is -0.648. The summed E-state index contributed by atoms with van der Waals surface area (Å²) in [7, 11) is 0. The molecule has 0 aromatic heterocycles. The molecule has 7 nitrogen and oxygen atoms in total. The normalized spacial score (nSPS) is 31.7. The molecule has 3 fully saturated rings. The molecule has 27 heavy (non-hydrogen) atoms. The molecule has 2 heterocycles. The number of hydrogen-bond donors (Lipinski definition) is 2. The van der Waals surface area contributed by atoms with Crippen LogP contribution in [0.1, 0.15) is 19.3 Å². The number of hydrogen-bond acceptors (Lipinski definition) is 4. The Balaban J connectivity index is 1.36. The van der Waals surface area contributed by atoms with Gasteiger partial charge < -0.3 is 24.8 Å². The van der Waals surface area contributed by atoms with Crippen LogP contribution in [0.4, 0.5) is 22.8 Å². The van der Waals surface area contributed by atoms with Crippen LogP contribution in [0.2, 0.25) is 0 Å². The molecule has 2 saturated heterocycles. The number of rotatable bonds is 4. The molecule has 2 N–H and O–H groups in total. The molecule has 1 aliphatic carbocycles. The lowest BCUT2D eigenvalue weighted by molar-refractivity contribution is -0.0440. The molecule has 2 aliphatic heterocycles. The van der Waals surface area contributed by atoms with Gasteiger partial charge in [0.15, 0.2) is 17.4 Å². The van der Waals surface area contributed by atoms with Crippen molar-refractivity contribution in [1.82, 2.24) is 10.2 Å². The molecule has 10 heteroatoms. The largest absolute Gasteiger partial charge is 0.484 e. The highest BCUT2D eigenvalue weighted by Gasteiger charge is 2.60. The van der Waals surface area contributed by atoms with Gasteiger partial charge in [-0.1, -0.05) is 0 Å². The van der Waals surface area contributed by atoms with Crippen molar-refractivity contribution in [2.45, 2.75) is 36.9 Å². The Bertz CT molecular complexity index is 778. The van der Waals surface area contributed by atoms with Crippen LogP contribution in [0.3, 0.4) is 0 Å². The summed E-state index contributed by atoms with van der Waals surface area (Å²) in [6, 6.07) is 0.687. The van der Waals surface area contributed by atoms with E-state index in [0.29, 0.717) is 31.4 Å². The van der Waals surface area contributed by atoms with Gasteiger partial charge in [-0.2, -0.15) is 0 Å². The average Bonchev–Trinajstić information content (AvgIpc) is 2.93. The summed E-state index contributed by atoms with van der Waals surface area (Å²) < 4.78 is 50.5. The van der Waals surface area contributed by atoms with Gasteiger partial charge in [-0.25, -0.2) is 22.8 Å². The number of ether oxygens (including phenoxy) is 2. The SMILES string of the molecule is O=C1NC2(CO1)CN(C(=O)O)C2CC1CC(Oc2c(F)cc(F)cc2F)C1. The summed E-state index contributed by atoms with van der Waals surface area (Å²) >= 11 is 0. The van der Waals surface area contributed by atoms with E-state index in [2.05, 4.69) is 5.32 Å². The van der Waals surface area contributed by atoms with Gasteiger partial charge in [-0.3, -0.25) is 0 Å². The summed E-state index contributed by atoms with van der Waals surface area (Å²) in [5, 5.41) is 12.0. The van der Waals surface area contributed by atoms with Crippen LogP contribution >= 0.6 is 0 Å². The molecular weight excluding hydrogens is 369 g/mol. The summed E-state index contributed by atoms with van der Waals surface area (Å²) in [6.45, 7) is 0.274. The number of carbonyl (C=O) groups is 2. The van der Waals surface area contributed by atoms with Gasteiger partial charge in [0.25, 0.3) is 0 Å². The van der Waals surface area contributed by atoms with Crippen molar-refractivity contribution in [2.75, 3.05) is 13.2 Å². The third-order valence-corrected chi connectivity index (χ3v) is 5.52. The zero-order valence-electron chi connectivity index (χ0n) is 14.1. The Labute approximate surface area is 152 Å². The smallest absolute Gasteiger partial charge is 0.407 e. The average molecular weight is 386 g/mol. The highest BCUT2D eigenvalue weighted by Crippen LogP contribution is 2.43. The lowest BCUT2D eigenvalue weighted by atomic mass is 9.70. The first kappa shape index (κ1) is 17.7. The minimum Gasteiger partial charge on any atom is -0.484 e. The predicted molar refractivity (Wildman–Crippen MR) is 83.8 cm³/mol. The second-order valence-corrected chi connectivity index (χ2v) is 7.30. The number of benzene rings is 1. The van der Waals surface area contributed by atoms with E-state index in [1.165, 1.54) is 4.90 Å². The van der Waals surface area contributed by atoms with Crippen LogP contribution in [0.15, 0.2) is 12.1 Å². The number of cyclic esters (lactones) is 1. The quantitative estimate of drug-likeness (QED) is 0.830. The molecule has 2 amide bonds. The lowest BCUT2D eigenvalue weighted by Gasteiger charge is -2.54.